The van der Waals surface area contributed by atoms with Gasteiger partial charge in [0.05, 0.1) is 5.69 Å². The Balaban J connectivity index is 2.62. The highest BCUT2D eigenvalue weighted by Gasteiger charge is 2.17. The topological polar surface area (TPSA) is 87.7 Å². The van der Waals surface area contributed by atoms with Gasteiger partial charge in [-0.2, -0.15) is 5.10 Å². The van der Waals surface area contributed by atoms with Gasteiger partial charge in [0.15, 0.2) is 5.82 Å². The molecular weight excluding hydrogens is 204 g/mol. The summed E-state index contributed by atoms with van der Waals surface area (Å²) in [5.41, 5.74) is 8.55. The number of anilines is 1. The zero-order valence-electron chi connectivity index (χ0n) is 9.73. The molecule has 86 valence electrons. The summed E-state index contributed by atoms with van der Waals surface area (Å²) in [6.07, 6.45) is 2.75. The number of nitrogen functional groups attached to an aromatic ring is 2. The van der Waals surface area contributed by atoms with Crippen molar-refractivity contribution < 1.29 is 0 Å². The number of aryl methyl sites for hydroxylation is 3. The molecule has 4 N–H and O–H groups in total. The van der Waals surface area contributed by atoms with Crippen molar-refractivity contribution in [3.8, 4) is 11.3 Å². The van der Waals surface area contributed by atoms with E-state index in [1.165, 1.54) is 4.68 Å². The van der Waals surface area contributed by atoms with Crippen molar-refractivity contribution in [1.29, 1.82) is 0 Å². The van der Waals surface area contributed by atoms with Crippen molar-refractivity contribution in [2.75, 3.05) is 11.6 Å². The van der Waals surface area contributed by atoms with Gasteiger partial charge in [-0.1, -0.05) is 6.92 Å². The average Bonchev–Trinajstić information content (AvgIpc) is 2.74. The van der Waals surface area contributed by atoms with Crippen LogP contribution >= 0.6 is 0 Å². The monoisotopic (exact) mass is 220 g/mol. The van der Waals surface area contributed by atoms with Crippen molar-refractivity contribution in [1.82, 2.24) is 19.4 Å². The number of aromatic nitrogens is 4. The normalized spacial score (nSPS) is 10.9. The van der Waals surface area contributed by atoms with Crippen LogP contribution in [-0.4, -0.2) is 19.4 Å². The van der Waals surface area contributed by atoms with Crippen LogP contribution in [0, 0.1) is 6.92 Å². The minimum absolute atomic E-state index is 0.472. The van der Waals surface area contributed by atoms with Crippen molar-refractivity contribution in [2.24, 2.45) is 7.05 Å². The van der Waals surface area contributed by atoms with E-state index in [1.807, 2.05) is 27.1 Å². The van der Waals surface area contributed by atoms with E-state index < -0.39 is 0 Å². The van der Waals surface area contributed by atoms with Gasteiger partial charge in [-0.3, -0.25) is 4.68 Å². The van der Waals surface area contributed by atoms with Crippen LogP contribution in [0.5, 0.6) is 0 Å². The molecule has 0 amide bonds. The quantitative estimate of drug-likeness (QED) is 0.719. The molecule has 0 aliphatic rings. The fourth-order valence-corrected chi connectivity index (χ4v) is 1.75. The third-order valence-corrected chi connectivity index (χ3v) is 2.62. The summed E-state index contributed by atoms with van der Waals surface area (Å²) < 4.78 is 3.15. The van der Waals surface area contributed by atoms with E-state index in [1.54, 1.807) is 4.68 Å². The maximum atomic E-state index is 5.91. The van der Waals surface area contributed by atoms with Gasteiger partial charge in [-0.05, 0) is 13.3 Å². The highest BCUT2D eigenvalue weighted by atomic mass is 15.4. The molecule has 6 heteroatoms. The largest absolute Gasteiger partial charge is 0.382 e. The molecule has 2 rings (SSSR count). The molecule has 2 aromatic heterocycles. The number of hydrogen-bond donors (Lipinski definition) is 2. The van der Waals surface area contributed by atoms with Crippen LogP contribution in [0.4, 0.5) is 5.82 Å². The Kier molecular flexibility index (Phi) is 2.34. The van der Waals surface area contributed by atoms with E-state index in [2.05, 4.69) is 10.1 Å². The van der Waals surface area contributed by atoms with Gasteiger partial charge in [0.2, 0.25) is 0 Å². The van der Waals surface area contributed by atoms with E-state index in [-0.39, 0.29) is 0 Å². The van der Waals surface area contributed by atoms with Crippen molar-refractivity contribution in [3.05, 3.63) is 17.7 Å². The molecule has 0 fully saturated rings. The molecule has 2 heterocycles. The lowest BCUT2D eigenvalue weighted by Crippen LogP contribution is -2.13. The third-order valence-electron chi connectivity index (χ3n) is 2.62. The fourth-order valence-electron chi connectivity index (χ4n) is 1.75. The first-order chi connectivity index (χ1) is 7.54. The van der Waals surface area contributed by atoms with Gasteiger partial charge >= 0.3 is 0 Å². The Labute approximate surface area is 93.8 Å². The first kappa shape index (κ1) is 10.5. The highest BCUT2D eigenvalue weighted by molar-refractivity contribution is 5.72. The molecule has 0 radical (unpaired) electrons. The minimum Gasteiger partial charge on any atom is -0.382 e. The van der Waals surface area contributed by atoms with E-state index >= 15 is 0 Å². The SMILES string of the molecule is CCc1nn(C)cc1-c1nc(C)n(N)c1N. The maximum Gasteiger partial charge on any atom is 0.150 e. The third kappa shape index (κ3) is 1.42. The van der Waals surface area contributed by atoms with Crippen LogP contribution in [-0.2, 0) is 13.5 Å². The summed E-state index contributed by atoms with van der Waals surface area (Å²) in [5.74, 6) is 6.91. The zero-order chi connectivity index (χ0) is 11.9. The van der Waals surface area contributed by atoms with Gasteiger partial charge in [-0.25, -0.2) is 9.66 Å². The van der Waals surface area contributed by atoms with Crippen LogP contribution < -0.4 is 11.6 Å². The summed E-state index contributed by atoms with van der Waals surface area (Å²) in [5, 5.41) is 4.36. The molecule has 0 bridgehead atoms. The zero-order valence-corrected chi connectivity index (χ0v) is 9.73. The summed E-state index contributed by atoms with van der Waals surface area (Å²) in [7, 11) is 1.88. The van der Waals surface area contributed by atoms with Crippen LogP contribution in [0.1, 0.15) is 18.4 Å². The second-order valence-corrected chi connectivity index (χ2v) is 3.78. The predicted octanol–water partition coefficient (Wildman–Crippen LogP) is 0.450. The Morgan fingerprint density at radius 1 is 1.44 bits per heavy atom. The van der Waals surface area contributed by atoms with Gasteiger partial charge in [0.25, 0.3) is 0 Å². The van der Waals surface area contributed by atoms with Gasteiger partial charge in [0, 0.05) is 18.8 Å². The second-order valence-electron chi connectivity index (χ2n) is 3.78. The summed E-state index contributed by atoms with van der Waals surface area (Å²) in [4.78, 5) is 4.36. The second kappa shape index (κ2) is 3.55. The molecule has 16 heavy (non-hydrogen) atoms. The molecule has 0 aliphatic carbocycles. The number of hydrogen-bond acceptors (Lipinski definition) is 4. The molecule has 0 saturated heterocycles. The van der Waals surface area contributed by atoms with E-state index in [0.29, 0.717) is 17.3 Å². The lowest BCUT2D eigenvalue weighted by Gasteiger charge is -1.99. The molecular formula is C10H16N6. The summed E-state index contributed by atoms with van der Waals surface area (Å²) in [6.45, 7) is 3.87. The fraction of sp³-hybridized carbons (Fsp3) is 0.400. The minimum atomic E-state index is 0.472. The predicted molar refractivity (Wildman–Crippen MR) is 63.1 cm³/mol. The van der Waals surface area contributed by atoms with Gasteiger partial charge < -0.3 is 11.6 Å². The molecule has 0 aromatic carbocycles. The van der Waals surface area contributed by atoms with Gasteiger partial charge in [0.1, 0.15) is 11.5 Å². The number of nitrogens with two attached hydrogens (primary N) is 2. The number of imidazole rings is 1. The molecule has 0 spiro atoms. The van der Waals surface area contributed by atoms with Crippen molar-refractivity contribution in [3.63, 3.8) is 0 Å². The van der Waals surface area contributed by atoms with E-state index in [9.17, 15) is 0 Å². The summed E-state index contributed by atoms with van der Waals surface area (Å²) in [6, 6.07) is 0. The van der Waals surface area contributed by atoms with Crippen LogP contribution in [0.25, 0.3) is 11.3 Å². The Morgan fingerprint density at radius 2 is 2.12 bits per heavy atom. The molecule has 0 aliphatic heterocycles. The molecule has 2 aromatic rings. The average molecular weight is 220 g/mol. The standard InChI is InChI=1S/C10H16N6/c1-4-8-7(5-15(3)14-8)9-10(11)16(12)6(2)13-9/h5H,4,11-12H2,1-3H3. The molecule has 0 unspecified atom stereocenters. The van der Waals surface area contributed by atoms with Crippen LogP contribution in [0.3, 0.4) is 0 Å². The lowest BCUT2D eigenvalue weighted by molar-refractivity contribution is 0.746. The van der Waals surface area contributed by atoms with Crippen LogP contribution in [0.15, 0.2) is 6.20 Å². The van der Waals surface area contributed by atoms with E-state index in [4.69, 9.17) is 11.6 Å². The highest BCUT2D eigenvalue weighted by Crippen LogP contribution is 2.27. The lowest BCUT2D eigenvalue weighted by atomic mass is 10.1. The Bertz CT molecular complexity index is 522. The van der Waals surface area contributed by atoms with E-state index in [0.717, 1.165) is 17.7 Å². The number of nitrogens with zero attached hydrogens (tertiary/aromatic N) is 4. The number of rotatable bonds is 2. The maximum absolute atomic E-state index is 5.91. The smallest absolute Gasteiger partial charge is 0.150 e. The summed E-state index contributed by atoms with van der Waals surface area (Å²) >= 11 is 0. The molecule has 0 saturated carbocycles. The first-order valence-corrected chi connectivity index (χ1v) is 5.17. The van der Waals surface area contributed by atoms with Crippen molar-refractivity contribution in [2.45, 2.75) is 20.3 Å². The molecule has 6 nitrogen and oxygen atoms in total. The Morgan fingerprint density at radius 3 is 2.62 bits per heavy atom. The Hall–Kier alpha value is -1.98. The van der Waals surface area contributed by atoms with Crippen LogP contribution in [0.2, 0.25) is 0 Å². The van der Waals surface area contributed by atoms with Crippen molar-refractivity contribution >= 4 is 5.82 Å². The first-order valence-electron chi connectivity index (χ1n) is 5.17. The molecule has 0 atom stereocenters. The van der Waals surface area contributed by atoms with Gasteiger partial charge in [-0.15, -0.1) is 0 Å².